The summed E-state index contributed by atoms with van der Waals surface area (Å²) < 4.78 is 0. The van der Waals surface area contributed by atoms with E-state index in [9.17, 15) is 19.5 Å². The maximum absolute atomic E-state index is 14.0. The molecule has 2 aliphatic heterocycles. The summed E-state index contributed by atoms with van der Waals surface area (Å²) in [5.74, 6) is -2.97. The first-order valence-corrected chi connectivity index (χ1v) is 12.5. The third kappa shape index (κ3) is 6.26. The van der Waals surface area contributed by atoms with E-state index in [1.54, 1.807) is 0 Å². The predicted molar refractivity (Wildman–Crippen MR) is 129 cm³/mol. The Morgan fingerprint density at radius 1 is 1.21 bits per heavy atom. The van der Waals surface area contributed by atoms with E-state index in [1.165, 1.54) is 5.06 Å². The van der Waals surface area contributed by atoms with Crippen molar-refractivity contribution in [1.29, 1.82) is 0 Å². The molecule has 1 saturated heterocycles. The number of carboxylic acids is 1. The Morgan fingerprint density at radius 3 is 2.59 bits per heavy atom. The lowest BCUT2D eigenvalue weighted by molar-refractivity contribution is -0.215. The van der Waals surface area contributed by atoms with Crippen molar-refractivity contribution in [2.45, 2.75) is 78.0 Å². The summed E-state index contributed by atoms with van der Waals surface area (Å²) in [6, 6.07) is 8.74. The van der Waals surface area contributed by atoms with Gasteiger partial charge in [0.2, 0.25) is 5.91 Å². The molecule has 0 aromatic heterocycles. The monoisotopic (exact) mass is 470 g/mol. The largest absolute Gasteiger partial charge is 0.481 e. The maximum atomic E-state index is 14.0. The zero-order valence-electron chi connectivity index (χ0n) is 20.6. The van der Waals surface area contributed by atoms with Crippen LogP contribution in [0.4, 0.5) is 0 Å². The van der Waals surface area contributed by atoms with E-state index in [2.05, 4.69) is 0 Å². The number of carbonyl (C=O) groups excluding carboxylic acids is 2. The third-order valence-electron chi connectivity index (χ3n) is 6.74. The second kappa shape index (κ2) is 12.2. The molecule has 4 atom stereocenters. The zero-order valence-corrected chi connectivity index (χ0v) is 20.6. The molecule has 1 aromatic carbocycles. The molecular weight excluding hydrogens is 432 g/mol. The molecular formula is C27H38N2O5. The number of nitrogens with zero attached hydrogens (tertiary/aromatic N) is 2. The predicted octanol–water partition coefficient (Wildman–Crippen LogP) is 4.43. The molecule has 7 heteroatoms. The van der Waals surface area contributed by atoms with Crippen molar-refractivity contribution in [1.82, 2.24) is 9.96 Å². The Labute approximate surface area is 202 Å². The molecule has 2 heterocycles. The number of rotatable bonds is 11. The molecule has 34 heavy (non-hydrogen) atoms. The molecule has 0 bridgehead atoms. The molecule has 3 rings (SSSR count). The number of benzene rings is 1. The Morgan fingerprint density at radius 2 is 1.94 bits per heavy atom. The molecule has 0 spiro atoms. The van der Waals surface area contributed by atoms with Crippen LogP contribution in [0.1, 0.15) is 64.9 Å². The highest BCUT2D eigenvalue weighted by molar-refractivity contribution is 5.90. The fraction of sp³-hybridized carbons (Fsp3) is 0.593. The van der Waals surface area contributed by atoms with Crippen LogP contribution in [-0.2, 0) is 25.8 Å². The second-order valence-corrected chi connectivity index (χ2v) is 9.81. The molecule has 186 valence electrons. The highest BCUT2D eigenvalue weighted by Gasteiger charge is 2.43. The molecule has 0 radical (unpaired) electrons. The highest BCUT2D eigenvalue weighted by atomic mass is 16.7. The normalized spacial score (nSPS) is 21.8. The summed E-state index contributed by atoms with van der Waals surface area (Å²) in [7, 11) is 0. The van der Waals surface area contributed by atoms with E-state index in [1.807, 2.05) is 68.2 Å². The Balaban J connectivity index is 1.94. The van der Waals surface area contributed by atoms with E-state index in [0.717, 1.165) is 18.4 Å². The van der Waals surface area contributed by atoms with Crippen molar-refractivity contribution >= 4 is 17.8 Å². The molecule has 1 aromatic rings. The first-order chi connectivity index (χ1) is 16.3. The van der Waals surface area contributed by atoms with Gasteiger partial charge in [0.1, 0.15) is 12.6 Å². The van der Waals surface area contributed by atoms with Crippen LogP contribution in [-0.4, -0.2) is 51.5 Å². The van der Waals surface area contributed by atoms with Crippen molar-refractivity contribution in [3.63, 3.8) is 0 Å². The molecule has 2 aliphatic rings. The average Bonchev–Trinajstić information content (AvgIpc) is 3.22. The number of hydrogen-bond donors (Lipinski definition) is 1. The van der Waals surface area contributed by atoms with Gasteiger partial charge in [-0.3, -0.25) is 19.2 Å². The smallest absolute Gasteiger partial charge is 0.307 e. The first-order valence-electron chi connectivity index (χ1n) is 12.5. The van der Waals surface area contributed by atoms with Crippen LogP contribution in [0.15, 0.2) is 42.5 Å². The highest BCUT2D eigenvalue weighted by Crippen LogP contribution is 2.31. The van der Waals surface area contributed by atoms with E-state index in [4.69, 9.17) is 4.84 Å². The molecule has 0 saturated carbocycles. The summed E-state index contributed by atoms with van der Waals surface area (Å²) >= 11 is 0. The van der Waals surface area contributed by atoms with Crippen molar-refractivity contribution in [3.8, 4) is 0 Å². The average molecular weight is 471 g/mol. The number of aliphatic carboxylic acids is 1. The Kier molecular flexibility index (Phi) is 9.28. The van der Waals surface area contributed by atoms with E-state index < -0.39 is 29.8 Å². The van der Waals surface area contributed by atoms with Gasteiger partial charge in [0.15, 0.2) is 0 Å². The minimum Gasteiger partial charge on any atom is -0.481 e. The van der Waals surface area contributed by atoms with Crippen LogP contribution in [0, 0.1) is 17.8 Å². The van der Waals surface area contributed by atoms with Crippen molar-refractivity contribution in [2.24, 2.45) is 17.8 Å². The van der Waals surface area contributed by atoms with Crippen LogP contribution in [0.5, 0.6) is 0 Å². The lowest BCUT2D eigenvalue weighted by Gasteiger charge is -2.36. The summed E-state index contributed by atoms with van der Waals surface area (Å²) in [4.78, 5) is 47.6. The van der Waals surface area contributed by atoms with Gasteiger partial charge in [-0.2, -0.15) is 0 Å². The first kappa shape index (κ1) is 25.9. The molecule has 7 nitrogen and oxygen atoms in total. The van der Waals surface area contributed by atoms with Crippen LogP contribution in [0.2, 0.25) is 0 Å². The van der Waals surface area contributed by atoms with Gasteiger partial charge >= 0.3 is 5.97 Å². The summed E-state index contributed by atoms with van der Waals surface area (Å²) in [5.41, 5.74) is 0.875. The Bertz CT molecular complexity index is 869. The van der Waals surface area contributed by atoms with E-state index >= 15 is 0 Å². The van der Waals surface area contributed by atoms with Gasteiger partial charge in [0.05, 0.1) is 17.9 Å². The van der Waals surface area contributed by atoms with Crippen molar-refractivity contribution < 1.29 is 24.3 Å². The standard InChI is InChI=1S/C27H38N2O5/c1-4-10-22(27(32)33)23(17-19(2)3)25(30)29(34-18-20-11-6-5-7-12-20)24-15-8-13-21-14-9-16-28(21)26(24)31/h5-8,11-13,19,21-24H,4,9-10,14-18H2,1-3H3,(H,32,33). The molecule has 1 N–H and O–H groups in total. The fourth-order valence-electron chi connectivity index (χ4n) is 5.06. The van der Waals surface area contributed by atoms with Gasteiger partial charge in [-0.15, -0.1) is 0 Å². The third-order valence-corrected chi connectivity index (χ3v) is 6.74. The van der Waals surface area contributed by atoms with E-state index in [-0.39, 0.29) is 24.5 Å². The second-order valence-electron chi connectivity index (χ2n) is 9.81. The van der Waals surface area contributed by atoms with Gasteiger partial charge in [0.25, 0.3) is 5.91 Å². The lowest BCUT2D eigenvalue weighted by atomic mass is 9.81. The van der Waals surface area contributed by atoms with Crippen molar-refractivity contribution in [3.05, 3.63) is 48.0 Å². The van der Waals surface area contributed by atoms with Crippen LogP contribution in [0.25, 0.3) is 0 Å². The molecule has 4 unspecified atom stereocenters. The molecule has 0 aliphatic carbocycles. The van der Waals surface area contributed by atoms with Gasteiger partial charge < -0.3 is 10.0 Å². The lowest BCUT2D eigenvalue weighted by Crippen LogP contribution is -2.53. The number of amides is 2. The number of carbonyl (C=O) groups is 3. The number of fused-ring (bicyclic) bond motifs is 1. The van der Waals surface area contributed by atoms with Gasteiger partial charge in [-0.1, -0.05) is 69.7 Å². The van der Waals surface area contributed by atoms with E-state index in [0.29, 0.717) is 32.2 Å². The summed E-state index contributed by atoms with van der Waals surface area (Å²) in [5, 5.41) is 11.2. The van der Waals surface area contributed by atoms with Crippen LogP contribution < -0.4 is 0 Å². The number of hydroxylamine groups is 2. The van der Waals surface area contributed by atoms with Gasteiger partial charge in [-0.05, 0) is 43.6 Å². The number of hydrogen-bond acceptors (Lipinski definition) is 4. The quantitative estimate of drug-likeness (QED) is 0.382. The molecule has 1 fully saturated rings. The minimum atomic E-state index is -0.976. The summed E-state index contributed by atoms with van der Waals surface area (Å²) in [6.07, 6.45) is 7.69. The van der Waals surface area contributed by atoms with Crippen LogP contribution >= 0.6 is 0 Å². The van der Waals surface area contributed by atoms with Gasteiger partial charge in [0, 0.05) is 6.54 Å². The number of carboxylic acid groups (broad SMARTS) is 1. The topological polar surface area (TPSA) is 87.2 Å². The zero-order chi connectivity index (χ0) is 24.7. The maximum Gasteiger partial charge on any atom is 0.307 e. The molecule has 2 amide bonds. The SMILES string of the molecule is CCCC(C(=O)O)C(CC(C)C)C(=O)N(OCc1ccccc1)C1CC=CC2CCCN2C1=O. The Hall–Kier alpha value is -2.67. The van der Waals surface area contributed by atoms with Gasteiger partial charge in [-0.25, -0.2) is 5.06 Å². The van der Waals surface area contributed by atoms with Crippen molar-refractivity contribution in [2.75, 3.05) is 6.54 Å². The van der Waals surface area contributed by atoms with Crippen LogP contribution in [0.3, 0.4) is 0 Å². The minimum absolute atomic E-state index is 0.0573. The fourth-order valence-corrected chi connectivity index (χ4v) is 5.06. The summed E-state index contributed by atoms with van der Waals surface area (Å²) in [6.45, 7) is 6.67.